The Hall–Kier alpha value is -3.46. The first-order valence-corrected chi connectivity index (χ1v) is 10.7. The van der Waals surface area contributed by atoms with Crippen molar-refractivity contribution in [3.8, 4) is 12.1 Å². The SMILES string of the molecule is N#C/C(=C/c1ccc(/C=C(\C#N)C(=O)NCC2CCCO2)cc1)C(=O)NCC1CCCO1. The summed E-state index contributed by atoms with van der Waals surface area (Å²) in [4.78, 5) is 24.5. The van der Waals surface area contributed by atoms with E-state index >= 15 is 0 Å². The first-order chi connectivity index (χ1) is 15.6. The van der Waals surface area contributed by atoms with Crippen LogP contribution < -0.4 is 10.6 Å². The van der Waals surface area contributed by atoms with Gasteiger partial charge in [-0.25, -0.2) is 0 Å². The summed E-state index contributed by atoms with van der Waals surface area (Å²) in [5.74, 6) is -0.886. The Morgan fingerprint density at radius 1 is 0.844 bits per heavy atom. The number of nitrogens with zero attached hydrogens (tertiary/aromatic N) is 2. The van der Waals surface area contributed by atoms with Crippen LogP contribution in [0.25, 0.3) is 12.2 Å². The van der Waals surface area contributed by atoms with Gasteiger partial charge in [-0.05, 0) is 49.0 Å². The lowest BCUT2D eigenvalue weighted by atomic mass is 10.1. The van der Waals surface area contributed by atoms with Gasteiger partial charge in [0.2, 0.25) is 0 Å². The zero-order valence-electron chi connectivity index (χ0n) is 17.8. The summed E-state index contributed by atoms with van der Waals surface area (Å²) in [6.45, 7) is 2.17. The lowest BCUT2D eigenvalue weighted by molar-refractivity contribution is -0.118. The van der Waals surface area contributed by atoms with Crippen molar-refractivity contribution in [2.45, 2.75) is 37.9 Å². The average molecular weight is 434 g/mol. The minimum Gasteiger partial charge on any atom is -0.376 e. The first kappa shape index (κ1) is 23.2. The number of carbonyl (C=O) groups is 2. The third kappa shape index (κ3) is 6.78. The number of carbonyl (C=O) groups excluding carboxylic acids is 2. The van der Waals surface area contributed by atoms with Crippen molar-refractivity contribution in [2.24, 2.45) is 0 Å². The van der Waals surface area contributed by atoms with Gasteiger partial charge in [-0.2, -0.15) is 10.5 Å². The molecule has 8 nitrogen and oxygen atoms in total. The minimum atomic E-state index is -0.443. The van der Waals surface area contributed by atoms with Gasteiger partial charge in [-0.3, -0.25) is 9.59 Å². The van der Waals surface area contributed by atoms with Crippen LogP contribution in [0.5, 0.6) is 0 Å². The summed E-state index contributed by atoms with van der Waals surface area (Å²) in [5.41, 5.74) is 1.31. The molecule has 32 heavy (non-hydrogen) atoms. The molecule has 0 aliphatic carbocycles. The molecule has 1 aromatic carbocycles. The van der Waals surface area contributed by atoms with Crippen LogP contribution in [0.4, 0.5) is 0 Å². The van der Waals surface area contributed by atoms with Crippen molar-refractivity contribution >= 4 is 24.0 Å². The van der Waals surface area contributed by atoms with E-state index in [9.17, 15) is 20.1 Å². The van der Waals surface area contributed by atoms with Crippen LogP contribution in [0, 0.1) is 22.7 Å². The van der Waals surface area contributed by atoms with Crippen LogP contribution in [0.3, 0.4) is 0 Å². The van der Waals surface area contributed by atoms with E-state index in [0.717, 1.165) is 25.7 Å². The second-order valence-electron chi connectivity index (χ2n) is 7.70. The summed E-state index contributed by atoms with van der Waals surface area (Å²) in [5, 5.41) is 24.1. The van der Waals surface area contributed by atoms with E-state index in [4.69, 9.17) is 9.47 Å². The molecule has 2 fully saturated rings. The summed E-state index contributed by atoms with van der Waals surface area (Å²) in [6.07, 6.45) is 6.76. The van der Waals surface area contributed by atoms with Gasteiger partial charge in [0.1, 0.15) is 23.3 Å². The number of benzene rings is 1. The number of hydrogen-bond donors (Lipinski definition) is 2. The molecule has 0 bridgehead atoms. The quantitative estimate of drug-likeness (QED) is 0.477. The van der Waals surface area contributed by atoms with E-state index in [1.807, 2.05) is 12.1 Å². The lowest BCUT2D eigenvalue weighted by Gasteiger charge is -2.10. The molecule has 2 amide bonds. The molecule has 2 aliphatic heterocycles. The minimum absolute atomic E-state index is 0.00202. The van der Waals surface area contributed by atoms with Crippen molar-refractivity contribution in [1.82, 2.24) is 10.6 Å². The predicted molar refractivity (Wildman–Crippen MR) is 118 cm³/mol. The number of hydrogen-bond acceptors (Lipinski definition) is 6. The molecule has 2 atom stereocenters. The van der Waals surface area contributed by atoms with Crippen LogP contribution in [0.1, 0.15) is 36.8 Å². The van der Waals surface area contributed by atoms with E-state index in [1.54, 1.807) is 24.3 Å². The summed E-state index contributed by atoms with van der Waals surface area (Å²) in [7, 11) is 0. The van der Waals surface area contributed by atoms with Crippen LogP contribution in [-0.4, -0.2) is 50.3 Å². The molecule has 2 heterocycles. The standard InChI is InChI=1S/C24H26N4O4/c25-13-19(23(29)27-15-21-3-1-9-31-21)11-17-5-7-18(8-6-17)12-20(14-26)24(30)28-16-22-4-2-10-32-22/h5-8,11-12,21-22H,1-4,9-10,15-16H2,(H,27,29)(H,28,30)/b19-11-,20-12+. The average Bonchev–Trinajstić information content (AvgIpc) is 3.53. The van der Waals surface area contributed by atoms with E-state index < -0.39 is 11.8 Å². The number of amides is 2. The molecule has 3 rings (SSSR count). The Balaban J connectivity index is 1.59. The van der Waals surface area contributed by atoms with Crippen LogP contribution in [0.15, 0.2) is 35.4 Å². The third-order valence-electron chi connectivity index (χ3n) is 5.32. The maximum atomic E-state index is 12.3. The second-order valence-corrected chi connectivity index (χ2v) is 7.70. The molecule has 0 aromatic heterocycles. The topological polar surface area (TPSA) is 124 Å². The Labute approximate surface area is 187 Å². The zero-order valence-corrected chi connectivity index (χ0v) is 17.8. The molecular formula is C24H26N4O4. The van der Waals surface area contributed by atoms with Gasteiger partial charge < -0.3 is 20.1 Å². The summed E-state index contributed by atoms with van der Waals surface area (Å²) in [6, 6.07) is 10.7. The molecule has 2 N–H and O–H groups in total. The van der Waals surface area contributed by atoms with Gasteiger partial charge in [-0.15, -0.1) is 0 Å². The highest BCUT2D eigenvalue weighted by molar-refractivity contribution is 6.02. The fourth-order valence-corrected chi connectivity index (χ4v) is 3.53. The fourth-order valence-electron chi connectivity index (χ4n) is 3.53. The van der Waals surface area contributed by atoms with Gasteiger partial charge in [0.05, 0.1) is 12.2 Å². The molecular weight excluding hydrogens is 408 g/mol. The molecule has 0 saturated carbocycles. The van der Waals surface area contributed by atoms with Crippen LogP contribution >= 0.6 is 0 Å². The second kappa shape index (κ2) is 11.8. The summed E-state index contributed by atoms with van der Waals surface area (Å²) < 4.78 is 10.9. The monoisotopic (exact) mass is 434 g/mol. The number of nitriles is 2. The number of ether oxygens (including phenoxy) is 2. The Morgan fingerprint density at radius 3 is 1.56 bits per heavy atom. The first-order valence-electron chi connectivity index (χ1n) is 10.7. The smallest absolute Gasteiger partial charge is 0.262 e. The Bertz CT molecular complexity index is 878. The van der Waals surface area contributed by atoms with Crippen molar-refractivity contribution in [2.75, 3.05) is 26.3 Å². The third-order valence-corrected chi connectivity index (χ3v) is 5.32. The largest absolute Gasteiger partial charge is 0.376 e. The van der Waals surface area contributed by atoms with Gasteiger partial charge in [0.25, 0.3) is 11.8 Å². The van der Waals surface area contributed by atoms with Crippen LogP contribution in [-0.2, 0) is 19.1 Å². The van der Waals surface area contributed by atoms with E-state index in [0.29, 0.717) is 37.4 Å². The Kier molecular flexibility index (Phi) is 8.56. The number of rotatable bonds is 8. The molecule has 1 aromatic rings. The van der Waals surface area contributed by atoms with Crippen molar-refractivity contribution in [3.05, 3.63) is 46.5 Å². The fraction of sp³-hybridized carbons (Fsp3) is 0.417. The predicted octanol–water partition coefficient (Wildman–Crippen LogP) is 2.09. The highest BCUT2D eigenvalue weighted by Crippen LogP contribution is 2.14. The Morgan fingerprint density at radius 2 is 1.25 bits per heavy atom. The lowest BCUT2D eigenvalue weighted by Crippen LogP contribution is -2.32. The van der Waals surface area contributed by atoms with E-state index in [2.05, 4.69) is 10.6 Å². The maximum Gasteiger partial charge on any atom is 0.262 e. The number of nitrogens with one attached hydrogen (secondary N) is 2. The molecule has 2 saturated heterocycles. The molecule has 0 spiro atoms. The molecule has 2 aliphatic rings. The van der Waals surface area contributed by atoms with Crippen LogP contribution in [0.2, 0.25) is 0 Å². The molecule has 2 unspecified atom stereocenters. The van der Waals surface area contributed by atoms with Gasteiger partial charge in [-0.1, -0.05) is 24.3 Å². The van der Waals surface area contributed by atoms with E-state index in [-0.39, 0.29) is 23.4 Å². The molecule has 166 valence electrons. The summed E-state index contributed by atoms with van der Waals surface area (Å²) >= 11 is 0. The van der Waals surface area contributed by atoms with Gasteiger partial charge in [0, 0.05) is 26.3 Å². The normalized spacial score (nSPS) is 20.9. The highest BCUT2D eigenvalue weighted by atomic mass is 16.5. The van der Waals surface area contributed by atoms with Crippen molar-refractivity contribution in [3.63, 3.8) is 0 Å². The van der Waals surface area contributed by atoms with E-state index in [1.165, 1.54) is 12.2 Å². The zero-order chi connectivity index (χ0) is 22.8. The van der Waals surface area contributed by atoms with Crippen molar-refractivity contribution in [1.29, 1.82) is 10.5 Å². The van der Waals surface area contributed by atoms with Gasteiger partial charge in [0.15, 0.2) is 0 Å². The molecule has 8 heteroatoms. The maximum absolute atomic E-state index is 12.3. The molecule has 0 radical (unpaired) electrons. The van der Waals surface area contributed by atoms with Crippen molar-refractivity contribution < 1.29 is 19.1 Å². The highest BCUT2D eigenvalue weighted by Gasteiger charge is 2.18. The van der Waals surface area contributed by atoms with Gasteiger partial charge >= 0.3 is 0 Å².